The van der Waals surface area contributed by atoms with Crippen LogP contribution in [0.25, 0.3) is 10.8 Å². The number of nitrogens with one attached hydrogen (secondary N) is 3. The Morgan fingerprint density at radius 1 is 0.697 bits per heavy atom. The van der Waals surface area contributed by atoms with Crippen molar-refractivity contribution in [1.82, 2.24) is 5.32 Å². The molecular weight excluding hydrogens is 418 g/mol. The Morgan fingerprint density at radius 3 is 2.09 bits per heavy atom. The number of urea groups is 1. The van der Waals surface area contributed by atoms with E-state index in [0.717, 1.165) is 16.3 Å². The molecule has 164 valence electrons. The molecule has 0 spiro atoms. The van der Waals surface area contributed by atoms with Crippen LogP contribution in [0.2, 0.25) is 0 Å². The third kappa shape index (κ3) is 4.99. The lowest BCUT2D eigenvalue weighted by Crippen LogP contribution is -2.34. The summed E-state index contributed by atoms with van der Waals surface area (Å²) >= 11 is 0. The Hall–Kier alpha value is -4.65. The number of fused-ring (bicyclic) bond motifs is 1. The number of benzene rings is 4. The van der Waals surface area contributed by atoms with Gasteiger partial charge in [-0.05, 0) is 77.9 Å². The fourth-order valence-electron chi connectivity index (χ4n) is 3.38. The van der Waals surface area contributed by atoms with Crippen LogP contribution in [0.5, 0.6) is 5.75 Å². The molecule has 0 radical (unpaired) electrons. The molecule has 0 atom stereocenters. The van der Waals surface area contributed by atoms with Crippen molar-refractivity contribution in [2.24, 2.45) is 0 Å². The van der Waals surface area contributed by atoms with Crippen molar-refractivity contribution in [2.75, 3.05) is 10.6 Å². The highest BCUT2D eigenvalue weighted by Crippen LogP contribution is 2.26. The molecule has 0 bridgehead atoms. The highest BCUT2D eigenvalue weighted by atomic mass is 16.3. The fraction of sp³-hybridized carbons (Fsp3) is 0.0385. The predicted octanol–water partition coefficient (Wildman–Crippen LogP) is 5.07. The smallest absolute Gasteiger partial charge is 0.326 e. The van der Waals surface area contributed by atoms with Gasteiger partial charge in [0.25, 0.3) is 11.8 Å². The van der Waals surface area contributed by atoms with E-state index < -0.39 is 11.9 Å². The summed E-state index contributed by atoms with van der Waals surface area (Å²) in [5, 5.41) is 19.1. The largest absolute Gasteiger partial charge is 0.508 e. The van der Waals surface area contributed by atoms with Gasteiger partial charge in [0.15, 0.2) is 0 Å². The Bertz CT molecular complexity index is 1350. The Labute approximate surface area is 190 Å². The van der Waals surface area contributed by atoms with Gasteiger partial charge in [0.05, 0.1) is 0 Å². The lowest BCUT2D eigenvalue weighted by atomic mass is 10.0. The third-order valence-electron chi connectivity index (χ3n) is 5.19. The first-order chi connectivity index (χ1) is 15.9. The van der Waals surface area contributed by atoms with E-state index in [1.54, 1.807) is 73.7 Å². The van der Waals surface area contributed by atoms with Crippen LogP contribution in [-0.4, -0.2) is 23.0 Å². The topological polar surface area (TPSA) is 108 Å². The lowest BCUT2D eigenvalue weighted by molar-refractivity contribution is 0.0966. The summed E-state index contributed by atoms with van der Waals surface area (Å²) in [7, 11) is 0. The van der Waals surface area contributed by atoms with Gasteiger partial charge in [0.1, 0.15) is 5.75 Å². The van der Waals surface area contributed by atoms with E-state index in [2.05, 4.69) is 16.0 Å². The molecule has 0 fully saturated rings. The van der Waals surface area contributed by atoms with Gasteiger partial charge in [-0.3, -0.25) is 14.9 Å². The third-order valence-corrected chi connectivity index (χ3v) is 5.19. The van der Waals surface area contributed by atoms with Crippen molar-refractivity contribution >= 4 is 40.0 Å². The quantitative estimate of drug-likeness (QED) is 0.356. The number of phenolic OH excluding ortho intramolecular Hbond substituents is 1. The molecule has 0 saturated heterocycles. The minimum absolute atomic E-state index is 0.183. The molecular formula is C26H21N3O4. The van der Waals surface area contributed by atoms with Crippen molar-refractivity contribution in [3.05, 3.63) is 102 Å². The van der Waals surface area contributed by atoms with Gasteiger partial charge in [-0.2, -0.15) is 0 Å². The summed E-state index contributed by atoms with van der Waals surface area (Å²) in [5.74, 6) is -0.645. The molecule has 7 nitrogen and oxygen atoms in total. The summed E-state index contributed by atoms with van der Waals surface area (Å²) in [6, 6.07) is 23.0. The van der Waals surface area contributed by atoms with E-state index >= 15 is 0 Å². The van der Waals surface area contributed by atoms with E-state index in [9.17, 15) is 19.5 Å². The predicted molar refractivity (Wildman–Crippen MR) is 128 cm³/mol. The SMILES string of the molecule is Cc1c(O)ccc2cc(C(=O)NC(=O)Nc3ccc(C(=O)Nc4ccccc4)cc3)ccc12. The molecule has 0 unspecified atom stereocenters. The number of hydrogen-bond acceptors (Lipinski definition) is 4. The maximum Gasteiger partial charge on any atom is 0.326 e. The van der Waals surface area contributed by atoms with Gasteiger partial charge < -0.3 is 15.7 Å². The van der Waals surface area contributed by atoms with Crippen molar-refractivity contribution in [3.63, 3.8) is 0 Å². The first kappa shape index (κ1) is 21.6. The molecule has 4 N–H and O–H groups in total. The molecule has 0 aliphatic carbocycles. The monoisotopic (exact) mass is 439 g/mol. The van der Waals surface area contributed by atoms with Crippen LogP contribution in [0.15, 0.2) is 84.9 Å². The molecule has 0 heterocycles. The molecule has 4 aromatic rings. The van der Waals surface area contributed by atoms with E-state index in [4.69, 9.17) is 0 Å². The molecule has 0 aliphatic heterocycles. The maximum absolute atomic E-state index is 12.5. The minimum Gasteiger partial charge on any atom is -0.508 e. The number of hydrogen-bond donors (Lipinski definition) is 4. The number of imide groups is 1. The first-order valence-electron chi connectivity index (χ1n) is 10.2. The molecule has 4 aromatic carbocycles. The molecule has 7 heteroatoms. The van der Waals surface area contributed by atoms with Gasteiger partial charge in [-0.25, -0.2) is 4.79 Å². The zero-order chi connectivity index (χ0) is 23.4. The number of carbonyl (C=O) groups is 3. The van der Waals surface area contributed by atoms with Crippen LogP contribution in [0, 0.1) is 6.92 Å². The molecule has 0 aromatic heterocycles. The van der Waals surface area contributed by atoms with Crippen molar-refractivity contribution in [1.29, 1.82) is 0 Å². The number of anilines is 2. The second kappa shape index (κ2) is 9.23. The number of para-hydroxylation sites is 1. The van der Waals surface area contributed by atoms with Crippen molar-refractivity contribution in [3.8, 4) is 5.75 Å². The summed E-state index contributed by atoms with van der Waals surface area (Å²) in [6.07, 6.45) is 0. The van der Waals surface area contributed by atoms with Crippen LogP contribution in [0.4, 0.5) is 16.2 Å². The van der Waals surface area contributed by atoms with Crippen LogP contribution in [0.3, 0.4) is 0 Å². The first-order valence-corrected chi connectivity index (χ1v) is 10.2. The van der Waals surface area contributed by atoms with Crippen LogP contribution >= 0.6 is 0 Å². The van der Waals surface area contributed by atoms with Gasteiger partial charge in [0, 0.05) is 22.5 Å². The highest BCUT2D eigenvalue weighted by molar-refractivity contribution is 6.09. The molecule has 4 amide bonds. The average molecular weight is 439 g/mol. The maximum atomic E-state index is 12.5. The normalized spacial score (nSPS) is 10.5. The number of phenols is 1. The fourth-order valence-corrected chi connectivity index (χ4v) is 3.38. The number of carbonyl (C=O) groups excluding carboxylic acids is 3. The lowest BCUT2D eigenvalue weighted by Gasteiger charge is -2.09. The van der Waals surface area contributed by atoms with E-state index in [1.807, 2.05) is 18.2 Å². The van der Waals surface area contributed by atoms with E-state index in [-0.39, 0.29) is 11.7 Å². The summed E-state index contributed by atoms with van der Waals surface area (Å²) < 4.78 is 0. The second-order valence-corrected chi connectivity index (χ2v) is 7.45. The van der Waals surface area contributed by atoms with E-state index in [0.29, 0.717) is 22.5 Å². The zero-order valence-electron chi connectivity index (χ0n) is 17.8. The number of aryl methyl sites for hydroxylation is 1. The van der Waals surface area contributed by atoms with Crippen LogP contribution in [0.1, 0.15) is 26.3 Å². The molecule has 0 saturated carbocycles. The summed E-state index contributed by atoms with van der Waals surface area (Å²) in [4.78, 5) is 37.1. The number of aromatic hydroxyl groups is 1. The molecule has 33 heavy (non-hydrogen) atoms. The van der Waals surface area contributed by atoms with Crippen LogP contribution in [-0.2, 0) is 0 Å². The second-order valence-electron chi connectivity index (χ2n) is 7.45. The Morgan fingerprint density at radius 2 is 1.36 bits per heavy atom. The zero-order valence-corrected chi connectivity index (χ0v) is 17.8. The molecule has 4 rings (SSSR count). The van der Waals surface area contributed by atoms with Gasteiger partial charge >= 0.3 is 6.03 Å². The van der Waals surface area contributed by atoms with Crippen molar-refractivity contribution < 1.29 is 19.5 Å². The Balaban J connectivity index is 1.37. The summed E-state index contributed by atoms with van der Waals surface area (Å²) in [6.45, 7) is 1.79. The minimum atomic E-state index is -0.691. The van der Waals surface area contributed by atoms with Gasteiger partial charge in [-0.1, -0.05) is 30.3 Å². The number of amides is 4. The van der Waals surface area contributed by atoms with Crippen LogP contribution < -0.4 is 16.0 Å². The van der Waals surface area contributed by atoms with Gasteiger partial charge in [0.2, 0.25) is 0 Å². The standard InChI is InChI=1S/C26H21N3O4/c1-16-22-13-9-19(15-18(22)10-14-23(16)30)25(32)29-26(33)28-21-11-7-17(8-12-21)24(31)27-20-5-3-2-4-6-20/h2-15,30H,1H3,(H,27,31)(H2,28,29,32,33). The average Bonchev–Trinajstić information content (AvgIpc) is 2.82. The highest BCUT2D eigenvalue weighted by Gasteiger charge is 2.13. The van der Waals surface area contributed by atoms with Gasteiger partial charge in [-0.15, -0.1) is 0 Å². The Kier molecular flexibility index (Phi) is 6.04. The summed E-state index contributed by atoms with van der Waals surface area (Å²) in [5.41, 5.74) is 2.58. The molecule has 0 aliphatic rings. The van der Waals surface area contributed by atoms with Crippen molar-refractivity contribution in [2.45, 2.75) is 6.92 Å². The number of rotatable bonds is 4. The van der Waals surface area contributed by atoms with E-state index in [1.165, 1.54) is 0 Å².